The first-order valence-corrected chi connectivity index (χ1v) is 9.05. The van der Waals surface area contributed by atoms with Crippen LogP contribution in [0, 0.1) is 12.7 Å². The summed E-state index contributed by atoms with van der Waals surface area (Å²) in [4.78, 5) is 11.6. The highest BCUT2D eigenvalue weighted by Gasteiger charge is 2.33. The normalized spacial score (nSPS) is 17.0. The number of aryl methyl sites for hydroxylation is 1. The largest absolute Gasteiger partial charge is 0.378 e. The summed E-state index contributed by atoms with van der Waals surface area (Å²) >= 11 is 5.64. The Hall–Kier alpha value is -1.92. The molecule has 7 heteroatoms. The van der Waals surface area contributed by atoms with Crippen LogP contribution in [0.15, 0.2) is 35.2 Å². The molecule has 2 aromatic rings. The van der Waals surface area contributed by atoms with E-state index in [1.807, 2.05) is 13.8 Å². The fourth-order valence-electron chi connectivity index (χ4n) is 3.02. The topological polar surface area (TPSA) is 60.4 Å². The van der Waals surface area contributed by atoms with Crippen molar-refractivity contribution in [1.82, 2.24) is 0 Å². The van der Waals surface area contributed by atoms with Gasteiger partial charge in [0.25, 0.3) is 0 Å². The second kappa shape index (κ2) is 5.86. The minimum atomic E-state index is -4.42. The van der Waals surface area contributed by atoms with E-state index < -0.39 is 20.8 Å². The predicted molar refractivity (Wildman–Crippen MR) is 87.8 cm³/mol. The van der Waals surface area contributed by atoms with Crippen LogP contribution in [0.3, 0.4) is 0 Å². The molecule has 126 valence electrons. The number of hydrogen-bond acceptors (Lipinski definition) is 4. The van der Waals surface area contributed by atoms with Gasteiger partial charge in [0.1, 0.15) is 10.7 Å². The molecular weight excluding hydrogens is 355 g/mol. The van der Waals surface area contributed by atoms with Gasteiger partial charge in [-0.1, -0.05) is 24.6 Å². The minimum absolute atomic E-state index is 0.00831. The Kier molecular flexibility index (Phi) is 4.13. The average Bonchev–Trinajstić information content (AvgIpc) is 2.77. The number of rotatable bonds is 3. The number of hydrogen-bond donors (Lipinski definition) is 0. The minimum Gasteiger partial charge on any atom is -0.378 e. The van der Waals surface area contributed by atoms with Crippen molar-refractivity contribution in [3.63, 3.8) is 0 Å². The van der Waals surface area contributed by atoms with Crippen LogP contribution in [-0.2, 0) is 10.1 Å². The molecule has 24 heavy (non-hydrogen) atoms. The fraction of sp³-hybridized carbons (Fsp3) is 0.235. The first kappa shape index (κ1) is 16.9. The summed E-state index contributed by atoms with van der Waals surface area (Å²) < 4.78 is 43.8. The van der Waals surface area contributed by atoms with Gasteiger partial charge in [0.2, 0.25) is 0 Å². The van der Waals surface area contributed by atoms with Crippen LogP contribution in [0.2, 0.25) is 5.02 Å². The van der Waals surface area contributed by atoms with Gasteiger partial charge < -0.3 is 4.18 Å². The van der Waals surface area contributed by atoms with Crippen molar-refractivity contribution in [1.29, 1.82) is 0 Å². The molecule has 1 aliphatic carbocycles. The highest BCUT2D eigenvalue weighted by atomic mass is 35.5. The summed E-state index contributed by atoms with van der Waals surface area (Å²) in [6, 6.07) is 6.30. The number of Topliss-reactive ketones (excluding diaryl/α,β-unsaturated/α-hetero) is 1. The lowest BCUT2D eigenvalue weighted by Crippen LogP contribution is -2.13. The highest BCUT2D eigenvalue weighted by molar-refractivity contribution is 7.87. The van der Waals surface area contributed by atoms with Crippen LogP contribution < -0.4 is 4.18 Å². The van der Waals surface area contributed by atoms with Crippen molar-refractivity contribution in [3.05, 3.63) is 57.9 Å². The highest BCUT2D eigenvalue weighted by Crippen LogP contribution is 2.41. The Morgan fingerprint density at radius 2 is 1.96 bits per heavy atom. The monoisotopic (exact) mass is 368 g/mol. The molecule has 0 bridgehead atoms. The van der Waals surface area contributed by atoms with Crippen LogP contribution >= 0.6 is 11.6 Å². The van der Waals surface area contributed by atoms with E-state index in [-0.39, 0.29) is 28.0 Å². The molecule has 0 fully saturated rings. The van der Waals surface area contributed by atoms with E-state index in [9.17, 15) is 17.6 Å². The van der Waals surface area contributed by atoms with Crippen LogP contribution in [0.25, 0.3) is 0 Å². The molecule has 0 saturated heterocycles. The maximum Gasteiger partial charge on any atom is 0.342 e. The first-order valence-electron chi connectivity index (χ1n) is 7.27. The van der Waals surface area contributed by atoms with E-state index in [2.05, 4.69) is 0 Å². The van der Waals surface area contributed by atoms with Crippen molar-refractivity contribution in [2.45, 2.75) is 31.1 Å². The van der Waals surface area contributed by atoms with Crippen LogP contribution in [0.4, 0.5) is 4.39 Å². The number of benzene rings is 2. The first-order chi connectivity index (χ1) is 11.2. The number of ketones is 1. The zero-order chi connectivity index (χ0) is 17.6. The molecule has 0 amide bonds. The zero-order valence-corrected chi connectivity index (χ0v) is 14.5. The Bertz CT molecular complexity index is 953. The van der Waals surface area contributed by atoms with E-state index in [1.54, 1.807) is 6.07 Å². The molecule has 2 aromatic carbocycles. The summed E-state index contributed by atoms with van der Waals surface area (Å²) in [5.41, 5.74) is 1.94. The van der Waals surface area contributed by atoms with Gasteiger partial charge in [-0.05, 0) is 48.2 Å². The third-order valence-electron chi connectivity index (χ3n) is 4.05. The average molecular weight is 369 g/mol. The molecule has 0 radical (unpaired) electrons. The fourth-order valence-corrected chi connectivity index (χ4v) is 4.18. The molecule has 0 N–H and O–H groups in total. The molecule has 0 heterocycles. The molecule has 1 unspecified atom stereocenters. The summed E-state index contributed by atoms with van der Waals surface area (Å²) in [5.74, 6) is -1.26. The second-order valence-electron chi connectivity index (χ2n) is 5.81. The number of fused-ring (bicyclic) bond motifs is 1. The number of carbonyl (C=O) groups excluding carboxylic acids is 1. The van der Waals surface area contributed by atoms with Crippen molar-refractivity contribution < 1.29 is 21.8 Å². The van der Waals surface area contributed by atoms with Gasteiger partial charge in [0, 0.05) is 11.4 Å². The summed E-state index contributed by atoms with van der Waals surface area (Å²) in [7, 11) is -4.42. The van der Waals surface area contributed by atoms with Gasteiger partial charge in [-0.2, -0.15) is 8.42 Å². The van der Waals surface area contributed by atoms with Crippen LogP contribution in [0.5, 0.6) is 5.75 Å². The Balaban J connectivity index is 2.08. The van der Waals surface area contributed by atoms with E-state index >= 15 is 0 Å². The van der Waals surface area contributed by atoms with E-state index in [0.29, 0.717) is 6.42 Å². The lowest BCUT2D eigenvalue weighted by atomic mass is 9.98. The Morgan fingerprint density at radius 1 is 1.25 bits per heavy atom. The summed E-state index contributed by atoms with van der Waals surface area (Å²) in [5, 5.41) is 0.0756. The van der Waals surface area contributed by atoms with Crippen LogP contribution in [-0.4, -0.2) is 14.2 Å². The lowest BCUT2D eigenvalue weighted by Gasteiger charge is -2.13. The third kappa shape index (κ3) is 2.80. The van der Waals surface area contributed by atoms with E-state index in [1.165, 1.54) is 12.1 Å². The molecular formula is C17H14ClFO4S. The number of carbonyl (C=O) groups is 1. The smallest absolute Gasteiger partial charge is 0.342 e. The maximum atomic E-state index is 13.9. The van der Waals surface area contributed by atoms with E-state index in [0.717, 1.165) is 23.3 Å². The third-order valence-corrected chi connectivity index (χ3v) is 5.56. The van der Waals surface area contributed by atoms with Crippen molar-refractivity contribution in [3.8, 4) is 5.75 Å². The van der Waals surface area contributed by atoms with E-state index in [4.69, 9.17) is 15.8 Å². The SMILES string of the molecule is Cc1ccc(OS(=O)(=O)c2ccc(Cl)cc2F)c2c1C(C)CC2=O. The summed E-state index contributed by atoms with van der Waals surface area (Å²) in [6.07, 6.45) is 0.298. The lowest BCUT2D eigenvalue weighted by molar-refractivity contribution is 0.0989. The molecule has 1 aliphatic rings. The van der Waals surface area contributed by atoms with Crippen LogP contribution in [0.1, 0.15) is 40.7 Å². The van der Waals surface area contributed by atoms with Gasteiger partial charge in [-0.15, -0.1) is 0 Å². The molecule has 3 rings (SSSR count). The molecule has 0 saturated carbocycles. The number of halogens is 2. The second-order valence-corrected chi connectivity index (χ2v) is 7.76. The molecule has 0 spiro atoms. The van der Waals surface area contributed by atoms with Crippen molar-refractivity contribution in [2.75, 3.05) is 0 Å². The van der Waals surface area contributed by atoms with Crippen molar-refractivity contribution >= 4 is 27.5 Å². The Labute approximate surface area is 144 Å². The molecule has 4 nitrogen and oxygen atoms in total. The van der Waals surface area contributed by atoms with Gasteiger partial charge in [-0.25, -0.2) is 4.39 Å². The van der Waals surface area contributed by atoms with Gasteiger partial charge >= 0.3 is 10.1 Å². The maximum absolute atomic E-state index is 13.9. The Morgan fingerprint density at radius 3 is 2.62 bits per heavy atom. The van der Waals surface area contributed by atoms with Gasteiger partial charge in [-0.3, -0.25) is 4.79 Å². The molecule has 1 atom stereocenters. The van der Waals surface area contributed by atoms with Gasteiger partial charge in [0.05, 0.1) is 5.56 Å². The quantitative estimate of drug-likeness (QED) is 0.760. The van der Waals surface area contributed by atoms with Gasteiger partial charge in [0.15, 0.2) is 11.5 Å². The predicted octanol–water partition coefficient (Wildman–Crippen LogP) is 4.25. The van der Waals surface area contributed by atoms with Crippen molar-refractivity contribution in [2.24, 2.45) is 0 Å². The summed E-state index contributed by atoms with van der Waals surface area (Å²) in [6.45, 7) is 3.75. The standard InChI is InChI=1S/C17H14ClFO4S/c1-9-3-5-14(17-13(20)7-10(2)16(9)17)23-24(21,22)15-6-4-11(18)8-12(15)19/h3-6,8,10H,7H2,1-2H3. The zero-order valence-electron chi connectivity index (χ0n) is 13.0. The molecule has 0 aromatic heterocycles. The molecule has 0 aliphatic heterocycles.